The van der Waals surface area contributed by atoms with E-state index in [1.165, 1.54) is 28.5 Å². The number of carbonyl (C=O) groups excluding carboxylic acids is 2. The summed E-state index contributed by atoms with van der Waals surface area (Å²) in [6.45, 7) is 0.259. The summed E-state index contributed by atoms with van der Waals surface area (Å²) in [4.78, 5) is 25.7. The maximum atomic E-state index is 12.8. The number of nitrogens with one attached hydrogen (secondary N) is 1. The van der Waals surface area contributed by atoms with Crippen LogP contribution in [0.1, 0.15) is 31.9 Å². The summed E-state index contributed by atoms with van der Waals surface area (Å²) < 4.78 is 37.2. The molecular formula is C24H27F2N3O5. The summed E-state index contributed by atoms with van der Waals surface area (Å²) in [7, 11) is 3.23. The van der Waals surface area contributed by atoms with E-state index < -0.39 is 12.7 Å². The molecule has 0 radical (unpaired) electrons. The first-order valence-corrected chi connectivity index (χ1v) is 10.6. The Kier molecular flexibility index (Phi) is 7.60. The van der Waals surface area contributed by atoms with Gasteiger partial charge in [-0.05, 0) is 30.7 Å². The van der Waals surface area contributed by atoms with Gasteiger partial charge in [0.1, 0.15) is 0 Å². The molecule has 34 heavy (non-hydrogen) atoms. The van der Waals surface area contributed by atoms with Crippen molar-refractivity contribution in [2.75, 3.05) is 26.0 Å². The van der Waals surface area contributed by atoms with Crippen LogP contribution in [0.4, 0.5) is 14.5 Å². The Morgan fingerprint density at radius 1 is 1.18 bits per heavy atom. The summed E-state index contributed by atoms with van der Waals surface area (Å²) in [5.41, 5.74) is 0.964. The van der Waals surface area contributed by atoms with E-state index in [2.05, 4.69) is 10.1 Å². The number of hydrogen-bond acceptors (Lipinski definition) is 5. The first kappa shape index (κ1) is 24.8. The van der Waals surface area contributed by atoms with Gasteiger partial charge in [0.15, 0.2) is 11.5 Å². The molecule has 0 spiro atoms. The monoisotopic (exact) mass is 475 g/mol. The predicted molar refractivity (Wildman–Crippen MR) is 124 cm³/mol. The molecule has 0 aliphatic rings. The average molecular weight is 475 g/mol. The number of fused-ring (bicyclic) bond motifs is 1. The first-order chi connectivity index (χ1) is 16.1. The Morgan fingerprint density at radius 3 is 2.53 bits per heavy atom. The minimum atomic E-state index is -3.03. The number of aromatic nitrogens is 1. The Bertz CT molecular complexity index is 1190. The molecule has 0 fully saturated rings. The fourth-order valence-electron chi connectivity index (χ4n) is 3.72. The van der Waals surface area contributed by atoms with Crippen molar-refractivity contribution in [1.29, 1.82) is 0 Å². The largest absolute Gasteiger partial charge is 0.494 e. The van der Waals surface area contributed by atoms with Gasteiger partial charge in [0.05, 0.1) is 30.1 Å². The Hall–Kier alpha value is -3.82. The molecular weight excluding hydrogens is 448 g/mol. The third-order valence-electron chi connectivity index (χ3n) is 5.22. The maximum Gasteiger partial charge on any atom is 0.387 e. The van der Waals surface area contributed by atoms with Gasteiger partial charge in [-0.2, -0.15) is 8.78 Å². The van der Waals surface area contributed by atoms with Gasteiger partial charge in [-0.3, -0.25) is 9.59 Å². The topological polar surface area (TPSA) is 93.0 Å². The minimum absolute atomic E-state index is 0.0301. The predicted octanol–water partition coefficient (Wildman–Crippen LogP) is 4.37. The molecule has 2 aromatic carbocycles. The molecule has 3 rings (SSSR count). The molecule has 0 saturated heterocycles. The number of benzene rings is 2. The standard InChI is InChI=1S/C24H27F2N3O5/c1-5-33-20-11-15(9-10-19(20)34-24(25)26)18(12-21(31)28(3)4)29-13-16-7-6-8-17(27-14(2)30)22(16)23(29)32/h6-11,13,18,24,32H,5,12H2,1-4H3,(H,27,30). The molecule has 1 heterocycles. The molecule has 1 atom stereocenters. The van der Waals surface area contributed by atoms with E-state index in [9.17, 15) is 23.5 Å². The van der Waals surface area contributed by atoms with Crippen molar-refractivity contribution in [1.82, 2.24) is 9.47 Å². The highest BCUT2D eigenvalue weighted by molar-refractivity contribution is 6.04. The number of hydrogen-bond donors (Lipinski definition) is 2. The number of anilines is 1. The average Bonchev–Trinajstić information content (AvgIpc) is 3.09. The maximum absolute atomic E-state index is 12.8. The number of nitrogens with zero attached hydrogens (tertiary/aromatic N) is 2. The summed E-state index contributed by atoms with van der Waals surface area (Å²) in [5.74, 6) is -0.697. The molecule has 8 nitrogen and oxygen atoms in total. The van der Waals surface area contributed by atoms with Gasteiger partial charge in [0.25, 0.3) is 0 Å². The molecule has 2 N–H and O–H groups in total. The lowest BCUT2D eigenvalue weighted by atomic mass is 10.0. The number of alkyl halides is 2. The summed E-state index contributed by atoms with van der Waals surface area (Å²) in [5, 5.41) is 14.9. The van der Waals surface area contributed by atoms with Gasteiger partial charge >= 0.3 is 6.61 Å². The molecule has 182 valence electrons. The van der Waals surface area contributed by atoms with E-state index in [0.717, 1.165) is 0 Å². The molecule has 2 amide bonds. The lowest BCUT2D eigenvalue weighted by Crippen LogP contribution is -2.25. The van der Waals surface area contributed by atoms with Crippen LogP contribution in [0.25, 0.3) is 10.8 Å². The molecule has 3 aromatic rings. The SMILES string of the molecule is CCOc1cc(C(CC(=O)N(C)C)n2cc3cccc(NC(C)=O)c3c2O)ccc1OC(F)F. The van der Waals surface area contributed by atoms with Crippen LogP contribution in [-0.4, -0.2) is 53.7 Å². The Morgan fingerprint density at radius 2 is 1.91 bits per heavy atom. The van der Waals surface area contributed by atoms with Gasteiger partial charge in [-0.25, -0.2) is 0 Å². The van der Waals surface area contributed by atoms with E-state index in [0.29, 0.717) is 22.0 Å². The van der Waals surface area contributed by atoms with Gasteiger partial charge in [0, 0.05) is 32.6 Å². The minimum Gasteiger partial charge on any atom is -0.494 e. The first-order valence-electron chi connectivity index (χ1n) is 10.6. The second-order valence-electron chi connectivity index (χ2n) is 7.84. The van der Waals surface area contributed by atoms with Crippen LogP contribution >= 0.6 is 0 Å². The molecule has 1 aromatic heterocycles. The fourth-order valence-corrected chi connectivity index (χ4v) is 3.72. The van der Waals surface area contributed by atoms with Gasteiger partial charge in [-0.1, -0.05) is 18.2 Å². The number of halogens is 2. The van der Waals surface area contributed by atoms with Crippen LogP contribution in [0.3, 0.4) is 0 Å². The van der Waals surface area contributed by atoms with Crippen molar-refractivity contribution in [2.24, 2.45) is 0 Å². The molecule has 0 aliphatic heterocycles. The van der Waals surface area contributed by atoms with E-state index in [-0.39, 0.29) is 42.2 Å². The Labute approximate surface area is 195 Å². The van der Waals surface area contributed by atoms with Crippen LogP contribution in [0.2, 0.25) is 0 Å². The van der Waals surface area contributed by atoms with Crippen LogP contribution in [0.15, 0.2) is 42.6 Å². The second kappa shape index (κ2) is 10.4. The lowest BCUT2D eigenvalue weighted by molar-refractivity contribution is -0.129. The zero-order valence-corrected chi connectivity index (χ0v) is 19.3. The zero-order chi connectivity index (χ0) is 25.0. The third-order valence-corrected chi connectivity index (χ3v) is 5.22. The molecule has 0 aliphatic carbocycles. The van der Waals surface area contributed by atoms with Crippen LogP contribution in [0.5, 0.6) is 17.4 Å². The van der Waals surface area contributed by atoms with E-state index in [1.54, 1.807) is 51.5 Å². The number of carbonyl (C=O) groups is 2. The van der Waals surface area contributed by atoms with Crippen molar-refractivity contribution >= 4 is 28.3 Å². The van der Waals surface area contributed by atoms with E-state index in [1.807, 2.05) is 0 Å². The van der Waals surface area contributed by atoms with E-state index in [4.69, 9.17) is 4.74 Å². The lowest BCUT2D eigenvalue weighted by Gasteiger charge is -2.23. The van der Waals surface area contributed by atoms with E-state index >= 15 is 0 Å². The van der Waals surface area contributed by atoms with Crippen LogP contribution in [0, 0.1) is 0 Å². The normalized spacial score (nSPS) is 12.0. The van der Waals surface area contributed by atoms with Crippen molar-refractivity contribution in [3.63, 3.8) is 0 Å². The summed E-state index contributed by atoms with van der Waals surface area (Å²) in [6.07, 6.45) is 1.64. The Balaban J connectivity index is 2.17. The van der Waals surface area contributed by atoms with Gasteiger partial charge in [-0.15, -0.1) is 0 Å². The van der Waals surface area contributed by atoms with Gasteiger partial charge in [0.2, 0.25) is 17.7 Å². The smallest absolute Gasteiger partial charge is 0.387 e. The number of ether oxygens (including phenoxy) is 2. The number of amides is 2. The summed E-state index contributed by atoms with van der Waals surface area (Å²) in [6, 6.07) is 8.89. The summed E-state index contributed by atoms with van der Waals surface area (Å²) >= 11 is 0. The zero-order valence-electron chi connectivity index (χ0n) is 19.3. The molecule has 0 bridgehead atoms. The number of rotatable bonds is 9. The van der Waals surface area contributed by atoms with Crippen molar-refractivity contribution < 1.29 is 33.0 Å². The highest BCUT2D eigenvalue weighted by atomic mass is 19.3. The van der Waals surface area contributed by atoms with Crippen molar-refractivity contribution in [2.45, 2.75) is 32.9 Å². The second-order valence-corrected chi connectivity index (χ2v) is 7.84. The van der Waals surface area contributed by atoms with Crippen molar-refractivity contribution in [3.8, 4) is 17.4 Å². The van der Waals surface area contributed by atoms with Gasteiger partial charge < -0.3 is 29.4 Å². The molecule has 0 saturated carbocycles. The highest BCUT2D eigenvalue weighted by Crippen LogP contribution is 2.40. The highest BCUT2D eigenvalue weighted by Gasteiger charge is 2.25. The molecule has 10 heteroatoms. The van der Waals surface area contributed by atoms with Crippen LogP contribution in [-0.2, 0) is 9.59 Å². The third kappa shape index (κ3) is 5.38. The molecule has 1 unspecified atom stereocenters. The van der Waals surface area contributed by atoms with Crippen LogP contribution < -0.4 is 14.8 Å². The fraction of sp³-hybridized carbons (Fsp3) is 0.333. The quantitative estimate of drug-likeness (QED) is 0.479. The number of aromatic hydroxyl groups is 1. The van der Waals surface area contributed by atoms with Crippen molar-refractivity contribution in [3.05, 3.63) is 48.2 Å².